The maximum absolute atomic E-state index is 12.1. The van der Waals surface area contributed by atoms with Crippen molar-refractivity contribution in [1.29, 1.82) is 0 Å². The predicted molar refractivity (Wildman–Crippen MR) is 117 cm³/mol. The van der Waals surface area contributed by atoms with Gasteiger partial charge in [0.1, 0.15) is 5.82 Å². The van der Waals surface area contributed by atoms with Crippen LogP contribution >= 0.6 is 0 Å². The highest BCUT2D eigenvalue weighted by molar-refractivity contribution is 5.98. The van der Waals surface area contributed by atoms with Gasteiger partial charge >= 0.3 is 5.69 Å². The summed E-state index contributed by atoms with van der Waals surface area (Å²) in [7, 11) is 3.15. The van der Waals surface area contributed by atoms with Crippen LogP contribution in [-0.2, 0) is 0 Å². The Bertz CT molecular complexity index is 1510. The van der Waals surface area contributed by atoms with E-state index in [-0.39, 0.29) is 11.6 Å². The average molecular weight is 414 g/mol. The molecule has 9 heteroatoms. The fourth-order valence-corrected chi connectivity index (χ4v) is 3.64. The molecule has 0 fully saturated rings. The summed E-state index contributed by atoms with van der Waals surface area (Å²) in [6.07, 6.45) is 1.65. The number of benzene rings is 2. The van der Waals surface area contributed by atoms with Gasteiger partial charge in [-0.25, -0.2) is 14.8 Å². The lowest BCUT2D eigenvalue weighted by Crippen LogP contribution is -2.17. The number of carbonyl (C=O) groups excluding carboxylic acids is 1. The standard InChI is InChI=1S/C22H18N6O3/c1-23-21(29)13-3-6-18-17(9-13)25-20(12-7-8-24-19(10-12)31-2)28(18)14-4-5-15-16(11-14)27-22(30)26-15/h3-11H,1-2H3,(H,23,29)(H2,26,27,30). The summed E-state index contributed by atoms with van der Waals surface area (Å²) in [5.41, 5.74) is 4.73. The monoisotopic (exact) mass is 414 g/mol. The van der Waals surface area contributed by atoms with Crippen LogP contribution in [-0.4, -0.2) is 44.6 Å². The highest BCUT2D eigenvalue weighted by Gasteiger charge is 2.17. The van der Waals surface area contributed by atoms with E-state index in [1.807, 2.05) is 34.9 Å². The van der Waals surface area contributed by atoms with Crippen molar-refractivity contribution in [3.8, 4) is 23.0 Å². The van der Waals surface area contributed by atoms with Crippen LogP contribution in [0, 0.1) is 0 Å². The lowest BCUT2D eigenvalue weighted by atomic mass is 10.2. The van der Waals surface area contributed by atoms with Crippen molar-refractivity contribution in [3.05, 3.63) is 70.8 Å². The number of fused-ring (bicyclic) bond motifs is 2. The number of amides is 1. The molecule has 154 valence electrons. The van der Waals surface area contributed by atoms with E-state index in [1.54, 1.807) is 38.6 Å². The number of aromatic amines is 2. The molecule has 0 atom stereocenters. The van der Waals surface area contributed by atoms with Gasteiger partial charge < -0.3 is 20.0 Å². The van der Waals surface area contributed by atoms with Crippen molar-refractivity contribution in [1.82, 2.24) is 29.8 Å². The van der Waals surface area contributed by atoms with Gasteiger partial charge in [0.25, 0.3) is 5.91 Å². The van der Waals surface area contributed by atoms with E-state index >= 15 is 0 Å². The molecule has 9 nitrogen and oxygen atoms in total. The van der Waals surface area contributed by atoms with Gasteiger partial charge in [0.2, 0.25) is 5.88 Å². The number of rotatable bonds is 4. The number of H-pyrrole nitrogens is 2. The van der Waals surface area contributed by atoms with Crippen molar-refractivity contribution in [2.45, 2.75) is 0 Å². The van der Waals surface area contributed by atoms with Crippen LogP contribution in [0.4, 0.5) is 0 Å². The van der Waals surface area contributed by atoms with E-state index in [2.05, 4.69) is 20.3 Å². The van der Waals surface area contributed by atoms with Crippen LogP contribution in [0.2, 0.25) is 0 Å². The van der Waals surface area contributed by atoms with Crippen LogP contribution in [0.25, 0.3) is 39.1 Å². The summed E-state index contributed by atoms with van der Waals surface area (Å²) in [6.45, 7) is 0. The predicted octanol–water partition coefficient (Wildman–Crippen LogP) is 2.63. The second kappa shape index (κ2) is 7.13. The number of nitrogens with zero attached hydrogens (tertiary/aromatic N) is 3. The molecule has 3 aromatic heterocycles. The highest BCUT2D eigenvalue weighted by Crippen LogP contribution is 2.31. The van der Waals surface area contributed by atoms with E-state index < -0.39 is 0 Å². The van der Waals surface area contributed by atoms with E-state index in [9.17, 15) is 9.59 Å². The van der Waals surface area contributed by atoms with Crippen molar-refractivity contribution in [2.75, 3.05) is 14.2 Å². The van der Waals surface area contributed by atoms with Gasteiger partial charge in [0.15, 0.2) is 0 Å². The molecule has 0 saturated carbocycles. The van der Waals surface area contributed by atoms with Gasteiger partial charge in [-0.15, -0.1) is 0 Å². The molecule has 3 heterocycles. The van der Waals surface area contributed by atoms with Crippen LogP contribution < -0.4 is 15.7 Å². The quantitative estimate of drug-likeness (QED) is 0.418. The van der Waals surface area contributed by atoms with Gasteiger partial charge in [0.05, 0.1) is 29.2 Å². The minimum Gasteiger partial charge on any atom is -0.481 e. The first-order valence-corrected chi connectivity index (χ1v) is 9.55. The maximum atomic E-state index is 12.1. The molecule has 0 aliphatic carbocycles. The Morgan fingerprint density at radius 3 is 2.71 bits per heavy atom. The second-order valence-electron chi connectivity index (χ2n) is 6.95. The number of methoxy groups -OCH3 is 1. The zero-order chi connectivity index (χ0) is 21.5. The number of nitrogens with one attached hydrogen (secondary N) is 3. The molecule has 0 bridgehead atoms. The zero-order valence-corrected chi connectivity index (χ0v) is 16.8. The van der Waals surface area contributed by atoms with Crippen LogP contribution in [0.15, 0.2) is 59.5 Å². The second-order valence-corrected chi connectivity index (χ2v) is 6.95. The third-order valence-electron chi connectivity index (χ3n) is 5.10. The number of hydrogen-bond acceptors (Lipinski definition) is 5. The fraction of sp³-hybridized carbons (Fsp3) is 0.0909. The van der Waals surface area contributed by atoms with Gasteiger partial charge in [0, 0.05) is 36.1 Å². The molecule has 0 spiro atoms. The molecular weight excluding hydrogens is 396 g/mol. The number of pyridine rings is 1. The summed E-state index contributed by atoms with van der Waals surface area (Å²) in [5.74, 6) is 0.935. The Hall–Kier alpha value is -4.40. The van der Waals surface area contributed by atoms with Crippen molar-refractivity contribution in [3.63, 3.8) is 0 Å². The van der Waals surface area contributed by atoms with Crippen molar-refractivity contribution in [2.24, 2.45) is 0 Å². The third kappa shape index (κ3) is 3.12. The molecule has 0 aliphatic rings. The first-order chi connectivity index (χ1) is 15.1. The highest BCUT2D eigenvalue weighted by atomic mass is 16.5. The van der Waals surface area contributed by atoms with Crippen LogP contribution in [0.3, 0.4) is 0 Å². The number of ether oxygens (including phenoxy) is 1. The largest absolute Gasteiger partial charge is 0.481 e. The Kier molecular flexibility index (Phi) is 4.28. The molecular formula is C22H18N6O3. The molecule has 5 rings (SSSR count). The number of aromatic nitrogens is 5. The number of carbonyl (C=O) groups is 1. The number of imidazole rings is 2. The summed E-state index contributed by atoms with van der Waals surface area (Å²) in [5, 5.41) is 2.63. The molecule has 31 heavy (non-hydrogen) atoms. The Morgan fingerprint density at radius 2 is 1.90 bits per heavy atom. The Balaban J connectivity index is 1.80. The van der Waals surface area contributed by atoms with E-state index in [0.29, 0.717) is 33.8 Å². The normalized spacial score (nSPS) is 11.2. The van der Waals surface area contributed by atoms with Crippen LogP contribution in [0.1, 0.15) is 10.4 Å². The van der Waals surface area contributed by atoms with Gasteiger partial charge in [-0.3, -0.25) is 9.36 Å². The van der Waals surface area contributed by atoms with E-state index in [1.165, 1.54) is 0 Å². The van der Waals surface area contributed by atoms with Gasteiger partial charge in [-0.1, -0.05) is 0 Å². The van der Waals surface area contributed by atoms with Gasteiger partial charge in [-0.2, -0.15) is 0 Å². The van der Waals surface area contributed by atoms with E-state index in [0.717, 1.165) is 16.8 Å². The van der Waals surface area contributed by atoms with Gasteiger partial charge in [-0.05, 0) is 42.5 Å². The average Bonchev–Trinajstić information content (AvgIpc) is 3.36. The first kappa shape index (κ1) is 18.6. The minimum atomic E-state index is -0.267. The molecule has 0 aliphatic heterocycles. The summed E-state index contributed by atoms with van der Waals surface area (Å²) in [4.78, 5) is 38.3. The molecule has 1 amide bonds. The summed E-state index contributed by atoms with van der Waals surface area (Å²) >= 11 is 0. The third-order valence-corrected chi connectivity index (χ3v) is 5.10. The summed E-state index contributed by atoms with van der Waals surface area (Å²) in [6, 6.07) is 14.6. The molecule has 3 N–H and O–H groups in total. The molecule has 0 unspecified atom stereocenters. The smallest absolute Gasteiger partial charge is 0.323 e. The van der Waals surface area contributed by atoms with E-state index in [4.69, 9.17) is 9.72 Å². The molecule has 5 aromatic rings. The zero-order valence-electron chi connectivity index (χ0n) is 16.8. The maximum Gasteiger partial charge on any atom is 0.323 e. The molecule has 2 aromatic carbocycles. The lowest BCUT2D eigenvalue weighted by molar-refractivity contribution is 0.0963. The molecule has 0 radical (unpaired) electrons. The van der Waals surface area contributed by atoms with Crippen molar-refractivity contribution >= 4 is 28.0 Å². The summed E-state index contributed by atoms with van der Waals surface area (Å²) < 4.78 is 7.25. The number of hydrogen-bond donors (Lipinski definition) is 3. The Morgan fingerprint density at radius 1 is 1.06 bits per heavy atom. The fourth-order valence-electron chi connectivity index (χ4n) is 3.64. The topological polar surface area (TPSA) is 118 Å². The SMILES string of the molecule is CNC(=O)c1ccc2c(c1)nc(-c1ccnc(OC)c1)n2-c1ccc2[nH]c(=O)[nH]c2c1. The van der Waals surface area contributed by atoms with Crippen LogP contribution in [0.5, 0.6) is 5.88 Å². The minimum absolute atomic E-state index is 0.185. The lowest BCUT2D eigenvalue weighted by Gasteiger charge is -2.10. The molecule has 0 saturated heterocycles. The Labute approximate surface area is 175 Å². The van der Waals surface area contributed by atoms with Crippen molar-refractivity contribution < 1.29 is 9.53 Å². The first-order valence-electron chi connectivity index (χ1n) is 9.55.